The van der Waals surface area contributed by atoms with Crippen LogP contribution in [0.3, 0.4) is 0 Å². The molecule has 1 aromatic rings. The molecule has 1 rings (SSSR count). The SMILES string of the molecule is CC(C)C(N)C(=O)OCc1ccc(F)c(F)c1.Cl. The van der Waals surface area contributed by atoms with E-state index in [1.165, 1.54) is 6.07 Å². The van der Waals surface area contributed by atoms with Gasteiger partial charge >= 0.3 is 5.97 Å². The molecule has 18 heavy (non-hydrogen) atoms. The van der Waals surface area contributed by atoms with Gasteiger partial charge in [-0.15, -0.1) is 12.4 Å². The third kappa shape index (κ3) is 4.58. The summed E-state index contributed by atoms with van der Waals surface area (Å²) in [5, 5.41) is 0. The summed E-state index contributed by atoms with van der Waals surface area (Å²) in [6.45, 7) is 3.48. The first-order valence-electron chi connectivity index (χ1n) is 5.28. The fourth-order valence-corrected chi connectivity index (χ4v) is 1.15. The van der Waals surface area contributed by atoms with Crippen LogP contribution in [-0.4, -0.2) is 12.0 Å². The summed E-state index contributed by atoms with van der Waals surface area (Å²) in [6.07, 6.45) is 0. The summed E-state index contributed by atoms with van der Waals surface area (Å²) in [6, 6.07) is 2.62. The lowest BCUT2D eigenvalue weighted by atomic mass is 10.1. The summed E-state index contributed by atoms with van der Waals surface area (Å²) in [5.41, 5.74) is 5.95. The Morgan fingerprint density at radius 1 is 1.33 bits per heavy atom. The maximum absolute atomic E-state index is 12.9. The van der Waals surface area contributed by atoms with Crippen molar-refractivity contribution in [2.24, 2.45) is 11.7 Å². The molecule has 0 aliphatic rings. The van der Waals surface area contributed by atoms with E-state index in [1.807, 2.05) is 0 Å². The molecule has 0 aliphatic carbocycles. The van der Waals surface area contributed by atoms with Crippen LogP contribution >= 0.6 is 12.4 Å². The molecule has 0 bridgehead atoms. The maximum atomic E-state index is 12.9. The molecule has 0 saturated carbocycles. The normalized spacial score (nSPS) is 11.9. The largest absolute Gasteiger partial charge is 0.460 e. The van der Waals surface area contributed by atoms with Crippen molar-refractivity contribution in [1.82, 2.24) is 0 Å². The summed E-state index contributed by atoms with van der Waals surface area (Å²) < 4.78 is 30.4. The molecule has 3 nitrogen and oxygen atoms in total. The number of nitrogens with two attached hydrogens (primary N) is 1. The molecule has 102 valence electrons. The molecule has 0 heterocycles. The average molecular weight is 280 g/mol. The second kappa shape index (κ2) is 7.28. The molecule has 1 atom stereocenters. The maximum Gasteiger partial charge on any atom is 0.323 e. The van der Waals surface area contributed by atoms with Crippen LogP contribution < -0.4 is 5.73 Å². The standard InChI is InChI=1S/C12H15F2NO2.ClH/c1-7(2)11(15)12(16)17-6-8-3-4-9(13)10(14)5-8;/h3-5,7,11H,6,15H2,1-2H3;1H. The fourth-order valence-electron chi connectivity index (χ4n) is 1.15. The van der Waals surface area contributed by atoms with Crippen molar-refractivity contribution in [2.45, 2.75) is 26.5 Å². The molecule has 1 unspecified atom stereocenters. The van der Waals surface area contributed by atoms with Crippen LogP contribution in [0.4, 0.5) is 8.78 Å². The van der Waals surface area contributed by atoms with Crippen molar-refractivity contribution in [3.05, 3.63) is 35.4 Å². The Hall–Kier alpha value is -1.20. The number of hydrogen-bond acceptors (Lipinski definition) is 3. The molecule has 2 N–H and O–H groups in total. The van der Waals surface area contributed by atoms with Crippen molar-refractivity contribution in [2.75, 3.05) is 0 Å². The van der Waals surface area contributed by atoms with Crippen molar-refractivity contribution in [1.29, 1.82) is 0 Å². The van der Waals surface area contributed by atoms with Gasteiger partial charge in [0.15, 0.2) is 11.6 Å². The number of carbonyl (C=O) groups excluding carboxylic acids is 1. The topological polar surface area (TPSA) is 52.3 Å². The van der Waals surface area contributed by atoms with Gasteiger partial charge in [-0.2, -0.15) is 0 Å². The fraction of sp³-hybridized carbons (Fsp3) is 0.417. The van der Waals surface area contributed by atoms with E-state index in [1.54, 1.807) is 13.8 Å². The number of rotatable bonds is 4. The highest BCUT2D eigenvalue weighted by Crippen LogP contribution is 2.10. The van der Waals surface area contributed by atoms with E-state index >= 15 is 0 Å². The molecular weight excluding hydrogens is 264 g/mol. The number of ether oxygens (including phenoxy) is 1. The van der Waals surface area contributed by atoms with Gasteiger partial charge in [0.25, 0.3) is 0 Å². The Labute approximate surface area is 111 Å². The number of halogens is 3. The molecule has 0 radical (unpaired) electrons. The van der Waals surface area contributed by atoms with Gasteiger partial charge in [0.1, 0.15) is 12.6 Å². The zero-order chi connectivity index (χ0) is 13.0. The van der Waals surface area contributed by atoms with Crippen molar-refractivity contribution < 1.29 is 18.3 Å². The minimum absolute atomic E-state index is 0. The van der Waals surface area contributed by atoms with Crippen molar-refractivity contribution in [3.8, 4) is 0 Å². The molecule has 0 saturated heterocycles. The van der Waals surface area contributed by atoms with Crippen molar-refractivity contribution >= 4 is 18.4 Å². The van der Waals surface area contributed by atoms with E-state index in [0.29, 0.717) is 5.56 Å². The van der Waals surface area contributed by atoms with Crippen molar-refractivity contribution in [3.63, 3.8) is 0 Å². The van der Waals surface area contributed by atoms with Crippen LogP contribution in [0.15, 0.2) is 18.2 Å². The van der Waals surface area contributed by atoms with Crippen LogP contribution in [0.1, 0.15) is 19.4 Å². The van der Waals surface area contributed by atoms with Gasteiger partial charge in [-0.3, -0.25) is 4.79 Å². The monoisotopic (exact) mass is 279 g/mol. The Bertz CT molecular complexity index is 413. The second-order valence-corrected chi connectivity index (χ2v) is 4.13. The quantitative estimate of drug-likeness (QED) is 0.861. The average Bonchev–Trinajstić information content (AvgIpc) is 2.29. The molecule has 0 aromatic heterocycles. The molecule has 0 fully saturated rings. The first kappa shape index (κ1) is 16.8. The molecule has 1 aromatic carbocycles. The van der Waals surface area contributed by atoms with Gasteiger partial charge in [-0.05, 0) is 23.6 Å². The number of carbonyl (C=O) groups is 1. The van der Waals surface area contributed by atoms with Crippen LogP contribution in [0, 0.1) is 17.6 Å². The van der Waals surface area contributed by atoms with E-state index in [0.717, 1.165) is 12.1 Å². The first-order chi connectivity index (χ1) is 7.91. The van der Waals surface area contributed by atoms with Gasteiger partial charge in [0.05, 0.1) is 0 Å². The lowest BCUT2D eigenvalue weighted by molar-refractivity contribution is -0.147. The van der Waals surface area contributed by atoms with Crippen LogP contribution in [-0.2, 0) is 16.1 Å². The van der Waals surface area contributed by atoms with E-state index in [9.17, 15) is 13.6 Å². The molecule has 6 heteroatoms. The Balaban J connectivity index is 0.00000289. The Kier molecular flexibility index (Phi) is 6.80. The third-order valence-electron chi connectivity index (χ3n) is 2.36. The highest BCUT2D eigenvalue weighted by atomic mass is 35.5. The smallest absolute Gasteiger partial charge is 0.323 e. The molecular formula is C12H16ClF2NO2. The molecule has 0 aliphatic heterocycles. The highest BCUT2D eigenvalue weighted by molar-refractivity contribution is 5.85. The first-order valence-corrected chi connectivity index (χ1v) is 5.28. The Morgan fingerprint density at radius 3 is 2.44 bits per heavy atom. The van der Waals surface area contributed by atoms with Crippen LogP contribution in [0.2, 0.25) is 0 Å². The third-order valence-corrected chi connectivity index (χ3v) is 2.36. The van der Waals surface area contributed by atoms with Gasteiger partial charge in [0.2, 0.25) is 0 Å². The summed E-state index contributed by atoms with van der Waals surface area (Å²) in [5.74, 6) is -2.48. The predicted octanol–water partition coefficient (Wildman–Crippen LogP) is 2.41. The zero-order valence-corrected chi connectivity index (χ0v) is 11.0. The highest BCUT2D eigenvalue weighted by Gasteiger charge is 2.18. The van der Waals surface area contributed by atoms with Gasteiger partial charge in [-0.25, -0.2) is 8.78 Å². The summed E-state index contributed by atoms with van der Waals surface area (Å²) in [7, 11) is 0. The molecule has 0 spiro atoms. The summed E-state index contributed by atoms with van der Waals surface area (Å²) >= 11 is 0. The van der Waals surface area contributed by atoms with E-state index < -0.39 is 23.6 Å². The Morgan fingerprint density at radius 2 is 1.94 bits per heavy atom. The number of hydrogen-bond donors (Lipinski definition) is 1. The van der Waals surface area contributed by atoms with E-state index in [4.69, 9.17) is 10.5 Å². The zero-order valence-electron chi connectivity index (χ0n) is 10.2. The van der Waals surface area contributed by atoms with Gasteiger partial charge < -0.3 is 10.5 Å². The van der Waals surface area contributed by atoms with Gasteiger partial charge in [0, 0.05) is 0 Å². The lowest BCUT2D eigenvalue weighted by Crippen LogP contribution is -2.36. The minimum Gasteiger partial charge on any atom is -0.460 e. The number of esters is 1. The van der Waals surface area contributed by atoms with Gasteiger partial charge in [-0.1, -0.05) is 19.9 Å². The van der Waals surface area contributed by atoms with Crippen LogP contribution in [0.25, 0.3) is 0 Å². The number of benzene rings is 1. The van der Waals surface area contributed by atoms with E-state index in [2.05, 4.69) is 0 Å². The minimum atomic E-state index is -0.966. The summed E-state index contributed by atoms with van der Waals surface area (Å²) in [4.78, 5) is 11.4. The van der Waals surface area contributed by atoms with E-state index in [-0.39, 0.29) is 24.9 Å². The lowest BCUT2D eigenvalue weighted by Gasteiger charge is -2.14. The predicted molar refractivity (Wildman–Crippen MR) is 66.2 cm³/mol. The van der Waals surface area contributed by atoms with Crippen LogP contribution in [0.5, 0.6) is 0 Å². The molecule has 0 amide bonds. The second-order valence-electron chi connectivity index (χ2n) is 4.13.